The predicted molar refractivity (Wildman–Crippen MR) is 64.2 cm³/mol. The van der Waals surface area contributed by atoms with Crippen molar-refractivity contribution < 1.29 is 9.53 Å². The maximum Gasteiger partial charge on any atom is 0.312 e. The van der Waals surface area contributed by atoms with Crippen molar-refractivity contribution in [1.82, 2.24) is 5.32 Å². The van der Waals surface area contributed by atoms with Crippen LogP contribution in [0.3, 0.4) is 0 Å². The van der Waals surface area contributed by atoms with Gasteiger partial charge in [0.25, 0.3) is 0 Å². The first kappa shape index (κ1) is 13.3. The largest absolute Gasteiger partial charge is 0.376 e. The zero-order valence-electron chi connectivity index (χ0n) is 10.6. The minimum Gasteiger partial charge on any atom is -0.376 e. The van der Waals surface area contributed by atoms with Crippen LogP contribution in [0.2, 0.25) is 0 Å². The fourth-order valence-corrected chi connectivity index (χ4v) is 2.14. The van der Waals surface area contributed by atoms with Crippen molar-refractivity contribution in [2.75, 3.05) is 6.61 Å². The van der Waals surface area contributed by atoms with E-state index in [9.17, 15) is 4.79 Å². The Morgan fingerprint density at radius 3 is 2.69 bits per heavy atom. The van der Waals surface area contributed by atoms with Crippen LogP contribution in [0, 0.1) is 5.92 Å². The number of amides is 2. The van der Waals surface area contributed by atoms with Crippen molar-refractivity contribution in [2.24, 2.45) is 11.7 Å². The van der Waals surface area contributed by atoms with Crippen molar-refractivity contribution in [2.45, 2.75) is 58.1 Å². The van der Waals surface area contributed by atoms with Gasteiger partial charge in [-0.05, 0) is 46.0 Å². The van der Waals surface area contributed by atoms with Crippen LogP contribution in [-0.2, 0) is 4.74 Å². The second-order valence-electron chi connectivity index (χ2n) is 5.66. The monoisotopic (exact) mass is 228 g/mol. The average molecular weight is 228 g/mol. The van der Waals surface area contributed by atoms with Gasteiger partial charge in [0.15, 0.2) is 0 Å². The summed E-state index contributed by atoms with van der Waals surface area (Å²) in [6.07, 6.45) is 4.35. The van der Waals surface area contributed by atoms with E-state index in [4.69, 9.17) is 10.5 Å². The zero-order chi connectivity index (χ0) is 12.2. The number of rotatable bonds is 3. The highest BCUT2D eigenvalue weighted by atomic mass is 16.5. The summed E-state index contributed by atoms with van der Waals surface area (Å²) in [5.41, 5.74) is 5.05. The van der Waals surface area contributed by atoms with E-state index < -0.39 is 6.03 Å². The van der Waals surface area contributed by atoms with Gasteiger partial charge in [0, 0.05) is 6.04 Å². The van der Waals surface area contributed by atoms with Gasteiger partial charge in [-0.1, -0.05) is 6.42 Å². The molecule has 0 unspecified atom stereocenters. The second kappa shape index (κ2) is 5.53. The topological polar surface area (TPSA) is 64.3 Å². The molecule has 4 heteroatoms. The summed E-state index contributed by atoms with van der Waals surface area (Å²) >= 11 is 0. The molecule has 0 heterocycles. The lowest BCUT2D eigenvalue weighted by molar-refractivity contribution is -0.0295. The number of carbonyl (C=O) groups is 1. The van der Waals surface area contributed by atoms with Gasteiger partial charge in [-0.25, -0.2) is 4.79 Å². The number of ether oxygens (including phenoxy) is 1. The van der Waals surface area contributed by atoms with E-state index in [1.807, 2.05) is 0 Å². The van der Waals surface area contributed by atoms with Gasteiger partial charge >= 0.3 is 6.03 Å². The fraction of sp³-hybridized carbons (Fsp3) is 0.917. The molecule has 1 aliphatic carbocycles. The van der Waals surface area contributed by atoms with E-state index in [0.29, 0.717) is 5.92 Å². The normalized spacial score (nSPS) is 26.4. The molecule has 94 valence electrons. The summed E-state index contributed by atoms with van der Waals surface area (Å²) in [4.78, 5) is 10.8. The number of carbonyl (C=O) groups excluding carboxylic acids is 1. The number of hydrogen-bond donors (Lipinski definition) is 2. The minimum absolute atomic E-state index is 0.0793. The molecule has 2 atom stereocenters. The lowest BCUT2D eigenvalue weighted by Gasteiger charge is -2.31. The van der Waals surface area contributed by atoms with Crippen LogP contribution in [0.5, 0.6) is 0 Å². The molecular weight excluding hydrogens is 204 g/mol. The molecule has 0 aromatic heterocycles. The molecule has 0 radical (unpaired) electrons. The van der Waals surface area contributed by atoms with E-state index in [1.54, 1.807) is 0 Å². The number of nitrogens with one attached hydrogen (secondary N) is 1. The predicted octanol–water partition coefficient (Wildman–Crippen LogP) is 2.03. The van der Waals surface area contributed by atoms with Gasteiger partial charge in [-0.15, -0.1) is 0 Å². The number of nitrogens with two attached hydrogens (primary N) is 1. The van der Waals surface area contributed by atoms with Gasteiger partial charge in [0.1, 0.15) is 0 Å². The summed E-state index contributed by atoms with van der Waals surface area (Å²) in [7, 11) is 0. The Morgan fingerprint density at radius 2 is 2.12 bits per heavy atom. The molecule has 0 aromatic rings. The smallest absolute Gasteiger partial charge is 0.312 e. The summed E-state index contributed by atoms with van der Waals surface area (Å²) in [6, 6.07) is -0.179. The molecule has 2 amide bonds. The van der Waals surface area contributed by atoms with Crippen molar-refractivity contribution in [1.29, 1.82) is 0 Å². The SMILES string of the molecule is CC(C)(C)OC[C@@H]1CCC[C@H](NC(N)=O)C1. The Hall–Kier alpha value is -0.770. The zero-order valence-corrected chi connectivity index (χ0v) is 10.6. The van der Waals surface area contributed by atoms with Gasteiger partial charge in [0.05, 0.1) is 12.2 Å². The van der Waals surface area contributed by atoms with Gasteiger partial charge in [-0.2, -0.15) is 0 Å². The third-order valence-corrected chi connectivity index (χ3v) is 2.88. The molecule has 1 aliphatic rings. The quantitative estimate of drug-likeness (QED) is 0.776. The Balaban J connectivity index is 2.30. The first-order valence-corrected chi connectivity index (χ1v) is 6.07. The first-order valence-electron chi connectivity index (χ1n) is 6.07. The number of primary amides is 1. The van der Waals surface area contributed by atoms with Crippen LogP contribution in [0.25, 0.3) is 0 Å². The Kier molecular flexibility index (Phi) is 4.59. The molecule has 4 nitrogen and oxygen atoms in total. The first-order chi connectivity index (χ1) is 7.37. The highest BCUT2D eigenvalue weighted by Gasteiger charge is 2.24. The fourth-order valence-electron chi connectivity index (χ4n) is 2.14. The second-order valence-corrected chi connectivity index (χ2v) is 5.66. The van der Waals surface area contributed by atoms with E-state index in [1.165, 1.54) is 6.42 Å². The van der Waals surface area contributed by atoms with Crippen LogP contribution in [0.1, 0.15) is 46.5 Å². The summed E-state index contributed by atoms with van der Waals surface area (Å²) in [6.45, 7) is 6.97. The van der Waals surface area contributed by atoms with Crippen molar-refractivity contribution >= 4 is 6.03 Å². The van der Waals surface area contributed by atoms with Crippen LogP contribution >= 0.6 is 0 Å². The lowest BCUT2D eigenvalue weighted by atomic mass is 9.86. The molecule has 1 rings (SSSR count). The number of hydrogen-bond acceptors (Lipinski definition) is 2. The molecule has 1 fully saturated rings. The van der Waals surface area contributed by atoms with E-state index in [0.717, 1.165) is 25.9 Å². The van der Waals surface area contributed by atoms with Crippen LogP contribution in [0.15, 0.2) is 0 Å². The minimum atomic E-state index is -0.414. The molecular formula is C12H24N2O2. The lowest BCUT2D eigenvalue weighted by Crippen LogP contribution is -2.42. The van der Waals surface area contributed by atoms with Crippen molar-refractivity contribution in [3.63, 3.8) is 0 Å². The molecule has 16 heavy (non-hydrogen) atoms. The van der Waals surface area contributed by atoms with Crippen molar-refractivity contribution in [3.8, 4) is 0 Å². The highest BCUT2D eigenvalue weighted by molar-refractivity contribution is 5.71. The summed E-state index contributed by atoms with van der Waals surface area (Å²) in [5, 5.41) is 2.79. The molecule has 0 bridgehead atoms. The van der Waals surface area contributed by atoms with Crippen LogP contribution in [-0.4, -0.2) is 24.3 Å². The molecule has 0 aromatic carbocycles. The standard InChI is InChI=1S/C12H24N2O2/c1-12(2,3)16-8-9-5-4-6-10(7-9)14-11(13)15/h9-10H,4-8H2,1-3H3,(H3,13,14,15)/t9-,10+/m1/s1. The Bertz CT molecular complexity index is 236. The van der Waals surface area contributed by atoms with E-state index >= 15 is 0 Å². The Morgan fingerprint density at radius 1 is 1.44 bits per heavy atom. The van der Waals surface area contributed by atoms with Crippen molar-refractivity contribution in [3.05, 3.63) is 0 Å². The molecule has 1 saturated carbocycles. The third-order valence-electron chi connectivity index (χ3n) is 2.88. The maximum atomic E-state index is 10.8. The number of urea groups is 1. The van der Waals surface area contributed by atoms with E-state index in [2.05, 4.69) is 26.1 Å². The summed E-state index contributed by atoms with van der Waals surface area (Å²) < 4.78 is 5.78. The van der Waals surface area contributed by atoms with Crippen LogP contribution < -0.4 is 11.1 Å². The average Bonchev–Trinajstić information content (AvgIpc) is 2.13. The molecule has 3 N–H and O–H groups in total. The molecule has 0 aliphatic heterocycles. The third kappa shape index (κ3) is 5.35. The summed E-state index contributed by atoms with van der Waals surface area (Å²) in [5.74, 6) is 0.546. The van der Waals surface area contributed by atoms with E-state index in [-0.39, 0.29) is 11.6 Å². The highest BCUT2D eigenvalue weighted by Crippen LogP contribution is 2.25. The van der Waals surface area contributed by atoms with Gasteiger partial charge < -0.3 is 15.8 Å². The maximum absolute atomic E-state index is 10.8. The van der Waals surface area contributed by atoms with Crippen LogP contribution in [0.4, 0.5) is 4.79 Å². The van der Waals surface area contributed by atoms with Gasteiger partial charge in [-0.3, -0.25) is 0 Å². The Labute approximate surface area is 97.9 Å². The van der Waals surface area contributed by atoms with Gasteiger partial charge in [0.2, 0.25) is 0 Å². The molecule has 0 saturated heterocycles. The molecule has 0 spiro atoms.